The van der Waals surface area contributed by atoms with Gasteiger partial charge in [0.2, 0.25) is 4.77 Å². The highest BCUT2D eigenvalue weighted by atomic mass is 35.5. The minimum Gasteiger partial charge on any atom is -0.486 e. The maximum Gasteiger partial charge on any atom is 0.216 e. The molecule has 0 unspecified atom stereocenters. The number of H-pyrrole nitrogens is 1. The van der Waals surface area contributed by atoms with Gasteiger partial charge in [-0.15, -0.1) is 0 Å². The predicted molar refractivity (Wildman–Crippen MR) is 97.6 cm³/mol. The fourth-order valence-electron chi connectivity index (χ4n) is 1.94. The van der Waals surface area contributed by atoms with Gasteiger partial charge in [0.1, 0.15) is 12.4 Å². The van der Waals surface area contributed by atoms with Crippen molar-refractivity contribution in [1.29, 1.82) is 0 Å². The van der Waals surface area contributed by atoms with E-state index >= 15 is 0 Å². The van der Waals surface area contributed by atoms with Crippen LogP contribution in [-0.2, 0) is 6.61 Å². The third-order valence-electron chi connectivity index (χ3n) is 3.12. The van der Waals surface area contributed by atoms with E-state index in [4.69, 9.17) is 40.2 Å². The van der Waals surface area contributed by atoms with Gasteiger partial charge in [0.05, 0.1) is 16.3 Å². The number of benzene rings is 2. The van der Waals surface area contributed by atoms with Crippen LogP contribution in [0.15, 0.2) is 53.6 Å². The van der Waals surface area contributed by atoms with E-state index in [-0.39, 0.29) is 6.61 Å². The largest absolute Gasteiger partial charge is 0.486 e. The second-order valence-corrected chi connectivity index (χ2v) is 5.92. The van der Waals surface area contributed by atoms with E-state index in [9.17, 15) is 0 Å². The van der Waals surface area contributed by atoms with E-state index in [1.165, 1.54) is 4.68 Å². The molecule has 0 aliphatic rings. The first kappa shape index (κ1) is 16.7. The molecule has 0 radical (unpaired) electrons. The number of ether oxygens (including phenoxy) is 1. The molecular formula is C16H12Cl2N4OS. The van der Waals surface area contributed by atoms with Crippen molar-refractivity contribution in [2.24, 2.45) is 5.10 Å². The molecule has 0 aliphatic carbocycles. The number of para-hydroxylation sites is 1. The molecule has 0 bridgehead atoms. The molecule has 2 aromatic carbocycles. The zero-order valence-corrected chi connectivity index (χ0v) is 14.6. The molecule has 122 valence electrons. The number of aromatic amines is 1. The van der Waals surface area contributed by atoms with Crippen molar-refractivity contribution in [2.75, 3.05) is 0 Å². The summed E-state index contributed by atoms with van der Waals surface area (Å²) >= 11 is 17.3. The summed E-state index contributed by atoms with van der Waals surface area (Å²) in [5.74, 6) is 1.28. The zero-order valence-electron chi connectivity index (χ0n) is 12.3. The minimum atomic E-state index is 0.220. The molecule has 0 amide bonds. The van der Waals surface area contributed by atoms with Crippen LogP contribution in [0, 0.1) is 4.77 Å². The van der Waals surface area contributed by atoms with E-state index in [1.807, 2.05) is 36.4 Å². The van der Waals surface area contributed by atoms with Gasteiger partial charge < -0.3 is 4.74 Å². The number of rotatable bonds is 5. The number of nitrogens with one attached hydrogen (secondary N) is 1. The van der Waals surface area contributed by atoms with Gasteiger partial charge in [-0.05, 0) is 30.4 Å². The average molecular weight is 379 g/mol. The highest BCUT2D eigenvalue weighted by Gasteiger charge is 2.07. The molecule has 0 spiro atoms. The van der Waals surface area contributed by atoms with Crippen LogP contribution >= 0.6 is 35.4 Å². The fourth-order valence-corrected chi connectivity index (χ4v) is 2.50. The van der Waals surface area contributed by atoms with Crippen molar-refractivity contribution in [3.63, 3.8) is 0 Å². The van der Waals surface area contributed by atoms with Crippen LogP contribution in [0.25, 0.3) is 0 Å². The smallest absolute Gasteiger partial charge is 0.216 e. The second kappa shape index (κ2) is 7.61. The Morgan fingerprint density at radius 2 is 1.96 bits per heavy atom. The van der Waals surface area contributed by atoms with E-state index in [0.29, 0.717) is 26.2 Å². The predicted octanol–water partition coefficient (Wildman–Crippen LogP) is 4.71. The molecule has 3 aromatic rings. The Kier molecular flexibility index (Phi) is 5.30. The van der Waals surface area contributed by atoms with Crippen LogP contribution in [0.5, 0.6) is 5.75 Å². The van der Waals surface area contributed by atoms with Crippen LogP contribution < -0.4 is 4.74 Å². The Hall–Kier alpha value is -2.15. The fraction of sp³-hybridized carbons (Fsp3) is 0.0625. The lowest BCUT2D eigenvalue weighted by atomic mass is 10.2. The molecule has 24 heavy (non-hydrogen) atoms. The summed E-state index contributed by atoms with van der Waals surface area (Å²) in [5.41, 5.74) is 0.683. The third-order valence-corrected chi connectivity index (χ3v) is 4.22. The second-order valence-electron chi connectivity index (χ2n) is 4.75. The summed E-state index contributed by atoms with van der Waals surface area (Å²) in [6, 6.07) is 14.7. The molecule has 0 saturated heterocycles. The van der Waals surface area contributed by atoms with Crippen molar-refractivity contribution in [3.8, 4) is 5.75 Å². The first-order valence-electron chi connectivity index (χ1n) is 6.97. The van der Waals surface area contributed by atoms with Gasteiger partial charge in [0.15, 0.2) is 5.82 Å². The lowest BCUT2D eigenvalue weighted by Crippen LogP contribution is -2.04. The molecule has 5 nitrogen and oxygen atoms in total. The average Bonchev–Trinajstić information content (AvgIpc) is 2.95. The molecular weight excluding hydrogens is 367 g/mol. The van der Waals surface area contributed by atoms with Crippen molar-refractivity contribution in [3.05, 3.63) is 74.7 Å². The summed E-state index contributed by atoms with van der Waals surface area (Å²) < 4.78 is 7.51. The molecule has 0 fully saturated rings. The van der Waals surface area contributed by atoms with Crippen molar-refractivity contribution >= 4 is 41.6 Å². The van der Waals surface area contributed by atoms with Gasteiger partial charge >= 0.3 is 0 Å². The maximum atomic E-state index is 6.15. The third kappa shape index (κ3) is 3.84. The Morgan fingerprint density at radius 3 is 2.75 bits per heavy atom. The monoisotopic (exact) mass is 378 g/mol. The molecule has 1 heterocycles. The number of nitrogens with zero attached hydrogens (tertiary/aromatic N) is 3. The van der Waals surface area contributed by atoms with E-state index < -0.39 is 0 Å². The summed E-state index contributed by atoms with van der Waals surface area (Å²) in [6.45, 7) is 0.220. The summed E-state index contributed by atoms with van der Waals surface area (Å²) in [5, 5.41) is 12.0. The minimum absolute atomic E-state index is 0.220. The van der Waals surface area contributed by atoms with Gasteiger partial charge in [-0.3, -0.25) is 0 Å². The molecule has 0 saturated carbocycles. The highest BCUT2D eigenvalue weighted by Crippen LogP contribution is 2.24. The van der Waals surface area contributed by atoms with E-state index in [0.717, 1.165) is 5.75 Å². The molecule has 0 atom stereocenters. The van der Waals surface area contributed by atoms with Gasteiger partial charge in [0, 0.05) is 5.56 Å². The van der Waals surface area contributed by atoms with E-state index in [1.54, 1.807) is 18.3 Å². The van der Waals surface area contributed by atoms with Crippen molar-refractivity contribution in [2.45, 2.75) is 6.61 Å². The molecule has 0 aliphatic heterocycles. The normalized spacial score (nSPS) is 11.1. The lowest BCUT2D eigenvalue weighted by Gasteiger charge is -2.05. The Morgan fingerprint density at radius 1 is 1.17 bits per heavy atom. The molecule has 3 rings (SSSR count). The lowest BCUT2D eigenvalue weighted by molar-refractivity contribution is 0.290. The summed E-state index contributed by atoms with van der Waals surface area (Å²) in [4.78, 5) is 0. The SMILES string of the molecule is S=c1[nH]nc(COc2ccccc2)n1/N=C/c1cccc(Cl)c1Cl. The van der Waals surface area contributed by atoms with Crippen LogP contribution in [0.2, 0.25) is 10.0 Å². The highest BCUT2D eigenvalue weighted by molar-refractivity contribution is 7.71. The first-order valence-corrected chi connectivity index (χ1v) is 8.14. The number of hydrogen-bond acceptors (Lipinski definition) is 4. The summed E-state index contributed by atoms with van der Waals surface area (Å²) in [7, 11) is 0. The van der Waals surface area contributed by atoms with Gasteiger partial charge in [-0.25, -0.2) is 5.10 Å². The van der Waals surface area contributed by atoms with Gasteiger partial charge in [-0.2, -0.15) is 14.9 Å². The molecule has 1 N–H and O–H groups in total. The number of halogens is 2. The van der Waals surface area contributed by atoms with Crippen LogP contribution in [-0.4, -0.2) is 21.1 Å². The van der Waals surface area contributed by atoms with Crippen molar-refractivity contribution < 1.29 is 4.74 Å². The Balaban J connectivity index is 1.81. The Labute approximate surface area is 153 Å². The zero-order chi connectivity index (χ0) is 16.9. The van der Waals surface area contributed by atoms with Crippen LogP contribution in [0.3, 0.4) is 0 Å². The quantitative estimate of drug-likeness (QED) is 0.516. The summed E-state index contributed by atoms with van der Waals surface area (Å²) in [6.07, 6.45) is 1.57. The first-order chi connectivity index (χ1) is 11.6. The Bertz CT molecular complexity index is 921. The molecule has 1 aromatic heterocycles. The van der Waals surface area contributed by atoms with Crippen LogP contribution in [0.1, 0.15) is 11.4 Å². The number of aromatic nitrogens is 3. The van der Waals surface area contributed by atoms with Crippen molar-refractivity contribution in [1.82, 2.24) is 14.9 Å². The number of hydrogen-bond donors (Lipinski definition) is 1. The van der Waals surface area contributed by atoms with E-state index in [2.05, 4.69) is 15.3 Å². The van der Waals surface area contributed by atoms with Crippen LogP contribution in [0.4, 0.5) is 0 Å². The molecule has 8 heteroatoms. The standard InChI is InChI=1S/C16H12Cl2N4OS/c17-13-8-4-5-11(15(13)18)9-19-22-14(20-21-16(22)24)10-23-12-6-2-1-3-7-12/h1-9H,10H2,(H,21,24)/b19-9+. The van der Waals surface area contributed by atoms with Gasteiger partial charge in [-0.1, -0.05) is 53.5 Å². The topological polar surface area (TPSA) is 55.2 Å². The van der Waals surface area contributed by atoms with Gasteiger partial charge in [0.25, 0.3) is 0 Å². The maximum absolute atomic E-state index is 6.15.